The molecule has 2 aromatic rings. The summed E-state index contributed by atoms with van der Waals surface area (Å²) in [4.78, 5) is 24.4. The smallest absolute Gasteiger partial charge is 0.330 e. The molecule has 27 heavy (non-hydrogen) atoms. The molecule has 3 rings (SSSR count). The number of hydrogen-bond acceptors (Lipinski definition) is 6. The van der Waals surface area contributed by atoms with Crippen molar-refractivity contribution in [2.75, 3.05) is 37.6 Å². The Morgan fingerprint density at radius 2 is 2.04 bits per heavy atom. The second kappa shape index (κ2) is 8.05. The Morgan fingerprint density at radius 1 is 1.30 bits per heavy atom. The first kappa shape index (κ1) is 18.7. The number of ether oxygens (including phenoxy) is 2. The molecular formula is C19H23N5O3. The van der Waals surface area contributed by atoms with Gasteiger partial charge in [-0.05, 0) is 31.2 Å². The van der Waals surface area contributed by atoms with Gasteiger partial charge in [0.15, 0.2) is 5.82 Å². The molecule has 1 N–H and O–H groups in total. The summed E-state index contributed by atoms with van der Waals surface area (Å²) in [6, 6.07) is 7.31. The summed E-state index contributed by atoms with van der Waals surface area (Å²) in [5.41, 5.74) is 2.29. The number of methoxy groups -OCH3 is 1. The molecule has 0 radical (unpaired) electrons. The molecule has 0 bridgehead atoms. The first-order chi connectivity index (χ1) is 13.0. The number of carbonyl (C=O) groups excluding carboxylic acids is 1. The first-order valence-electron chi connectivity index (χ1n) is 8.55. The van der Waals surface area contributed by atoms with Crippen LogP contribution in [0.4, 0.5) is 22.2 Å². The SMILES string of the molecule is C=C(C)N1C(=O)N(C)Cc2cnc(Nc3ccc(OCCOC)cc3)nc21. The molecule has 0 unspecified atom stereocenters. The highest BCUT2D eigenvalue weighted by atomic mass is 16.5. The number of allylic oxidation sites excluding steroid dienone is 1. The molecule has 2 heterocycles. The average Bonchev–Trinajstić information content (AvgIpc) is 2.64. The fraction of sp³-hybridized carbons (Fsp3) is 0.316. The van der Waals surface area contributed by atoms with Gasteiger partial charge < -0.3 is 19.7 Å². The normalized spacial score (nSPS) is 13.4. The van der Waals surface area contributed by atoms with Gasteiger partial charge in [0, 0.05) is 37.3 Å². The van der Waals surface area contributed by atoms with Crippen molar-refractivity contribution < 1.29 is 14.3 Å². The van der Waals surface area contributed by atoms with Gasteiger partial charge in [-0.2, -0.15) is 4.98 Å². The Kier molecular flexibility index (Phi) is 5.56. The van der Waals surface area contributed by atoms with Gasteiger partial charge in [0.05, 0.1) is 13.2 Å². The number of fused-ring (bicyclic) bond motifs is 1. The van der Waals surface area contributed by atoms with Crippen LogP contribution in [0.5, 0.6) is 5.75 Å². The van der Waals surface area contributed by atoms with Gasteiger partial charge in [-0.25, -0.2) is 9.78 Å². The molecule has 1 aromatic heterocycles. The van der Waals surface area contributed by atoms with Gasteiger partial charge in [-0.3, -0.25) is 4.90 Å². The predicted octanol–water partition coefficient (Wildman–Crippen LogP) is 3.15. The van der Waals surface area contributed by atoms with E-state index in [2.05, 4.69) is 21.9 Å². The molecule has 0 fully saturated rings. The van der Waals surface area contributed by atoms with Crippen molar-refractivity contribution in [2.24, 2.45) is 0 Å². The number of nitrogens with one attached hydrogen (secondary N) is 1. The number of amides is 2. The number of nitrogens with zero attached hydrogens (tertiary/aromatic N) is 4. The van der Waals surface area contributed by atoms with Crippen molar-refractivity contribution in [2.45, 2.75) is 13.5 Å². The van der Waals surface area contributed by atoms with Crippen LogP contribution in [0.15, 0.2) is 42.7 Å². The number of benzene rings is 1. The topological polar surface area (TPSA) is 79.8 Å². The lowest BCUT2D eigenvalue weighted by atomic mass is 10.2. The standard InChI is InChI=1S/C19H23N5O3/c1-13(2)24-17-14(12-23(3)19(24)25)11-20-18(22-17)21-15-5-7-16(8-6-15)27-10-9-26-4/h5-8,11H,1,9-10,12H2,2-4H3,(H,20,21,22). The zero-order chi connectivity index (χ0) is 19.4. The maximum Gasteiger partial charge on any atom is 0.330 e. The van der Waals surface area contributed by atoms with E-state index in [4.69, 9.17) is 9.47 Å². The minimum Gasteiger partial charge on any atom is -0.491 e. The van der Waals surface area contributed by atoms with Crippen LogP contribution >= 0.6 is 0 Å². The summed E-state index contributed by atoms with van der Waals surface area (Å²) in [6.07, 6.45) is 1.73. The van der Waals surface area contributed by atoms with Crippen LogP contribution in [0.1, 0.15) is 12.5 Å². The van der Waals surface area contributed by atoms with Gasteiger partial charge in [-0.1, -0.05) is 6.58 Å². The highest BCUT2D eigenvalue weighted by Crippen LogP contribution is 2.29. The summed E-state index contributed by atoms with van der Waals surface area (Å²) in [6.45, 7) is 7.17. The van der Waals surface area contributed by atoms with Gasteiger partial charge >= 0.3 is 6.03 Å². The number of hydrogen-bond donors (Lipinski definition) is 1. The van der Waals surface area contributed by atoms with Crippen molar-refractivity contribution in [1.29, 1.82) is 0 Å². The van der Waals surface area contributed by atoms with Crippen LogP contribution < -0.4 is 15.0 Å². The average molecular weight is 369 g/mol. The molecule has 0 saturated carbocycles. The summed E-state index contributed by atoms with van der Waals surface area (Å²) < 4.78 is 10.5. The van der Waals surface area contributed by atoms with E-state index in [0.717, 1.165) is 17.0 Å². The minimum absolute atomic E-state index is 0.155. The Morgan fingerprint density at radius 3 is 2.70 bits per heavy atom. The highest BCUT2D eigenvalue weighted by molar-refractivity contribution is 5.96. The predicted molar refractivity (Wildman–Crippen MR) is 103 cm³/mol. The fourth-order valence-electron chi connectivity index (χ4n) is 2.70. The molecule has 0 spiro atoms. The van der Waals surface area contributed by atoms with E-state index >= 15 is 0 Å². The Balaban J connectivity index is 1.77. The van der Waals surface area contributed by atoms with Crippen LogP contribution in [0, 0.1) is 0 Å². The van der Waals surface area contributed by atoms with Crippen molar-refractivity contribution in [3.63, 3.8) is 0 Å². The number of aromatic nitrogens is 2. The summed E-state index contributed by atoms with van der Waals surface area (Å²) >= 11 is 0. The number of urea groups is 1. The number of carbonyl (C=O) groups is 1. The molecule has 8 heteroatoms. The van der Waals surface area contributed by atoms with Crippen LogP contribution in [-0.4, -0.2) is 48.3 Å². The van der Waals surface area contributed by atoms with Gasteiger partial charge in [0.2, 0.25) is 5.95 Å². The maximum absolute atomic E-state index is 12.4. The first-order valence-corrected chi connectivity index (χ1v) is 8.55. The van der Waals surface area contributed by atoms with E-state index in [-0.39, 0.29) is 6.03 Å². The van der Waals surface area contributed by atoms with Crippen molar-refractivity contribution in [3.05, 3.63) is 48.3 Å². The molecule has 1 aromatic carbocycles. The molecule has 2 amide bonds. The molecule has 1 aliphatic heterocycles. The lowest BCUT2D eigenvalue weighted by molar-refractivity contribution is 0.146. The third-order valence-electron chi connectivity index (χ3n) is 4.03. The minimum atomic E-state index is -0.155. The fourth-order valence-corrected chi connectivity index (χ4v) is 2.70. The van der Waals surface area contributed by atoms with Gasteiger partial charge in [-0.15, -0.1) is 0 Å². The van der Waals surface area contributed by atoms with Crippen molar-refractivity contribution >= 4 is 23.5 Å². The Labute approximate surface area is 158 Å². The monoisotopic (exact) mass is 369 g/mol. The van der Waals surface area contributed by atoms with E-state index in [1.165, 1.54) is 4.90 Å². The van der Waals surface area contributed by atoms with Gasteiger partial charge in [0.1, 0.15) is 12.4 Å². The van der Waals surface area contributed by atoms with E-state index in [1.54, 1.807) is 32.2 Å². The lowest BCUT2D eigenvalue weighted by Crippen LogP contribution is -2.44. The van der Waals surface area contributed by atoms with E-state index < -0.39 is 0 Å². The van der Waals surface area contributed by atoms with Crippen molar-refractivity contribution in [3.8, 4) is 5.75 Å². The number of anilines is 3. The lowest BCUT2D eigenvalue weighted by Gasteiger charge is -2.34. The maximum atomic E-state index is 12.4. The number of rotatable bonds is 7. The molecule has 1 aliphatic rings. The highest BCUT2D eigenvalue weighted by Gasteiger charge is 2.30. The quantitative estimate of drug-likeness (QED) is 0.755. The molecule has 0 aliphatic carbocycles. The third-order valence-corrected chi connectivity index (χ3v) is 4.03. The second-order valence-corrected chi connectivity index (χ2v) is 6.24. The summed E-state index contributed by atoms with van der Waals surface area (Å²) in [5.74, 6) is 1.72. The molecule has 8 nitrogen and oxygen atoms in total. The molecule has 142 valence electrons. The van der Waals surface area contributed by atoms with E-state index in [9.17, 15) is 4.79 Å². The molecule has 0 saturated heterocycles. The van der Waals surface area contributed by atoms with Crippen LogP contribution in [0.2, 0.25) is 0 Å². The zero-order valence-corrected chi connectivity index (χ0v) is 15.7. The Hall–Kier alpha value is -3.13. The van der Waals surface area contributed by atoms with Crippen LogP contribution in [0.3, 0.4) is 0 Å². The van der Waals surface area contributed by atoms with Crippen LogP contribution in [-0.2, 0) is 11.3 Å². The molecular weight excluding hydrogens is 346 g/mol. The zero-order valence-electron chi connectivity index (χ0n) is 15.7. The van der Waals surface area contributed by atoms with E-state index in [0.29, 0.717) is 37.2 Å². The largest absolute Gasteiger partial charge is 0.491 e. The Bertz CT molecular complexity index is 838. The van der Waals surface area contributed by atoms with E-state index in [1.807, 2.05) is 24.3 Å². The summed E-state index contributed by atoms with van der Waals surface area (Å²) in [7, 11) is 3.37. The summed E-state index contributed by atoms with van der Waals surface area (Å²) in [5, 5.41) is 3.15. The van der Waals surface area contributed by atoms with Crippen molar-refractivity contribution in [1.82, 2.24) is 14.9 Å². The second-order valence-electron chi connectivity index (χ2n) is 6.24. The van der Waals surface area contributed by atoms with Gasteiger partial charge in [0.25, 0.3) is 0 Å². The van der Waals surface area contributed by atoms with Crippen LogP contribution in [0.25, 0.3) is 0 Å². The molecule has 0 atom stereocenters. The third kappa shape index (κ3) is 4.17.